The fourth-order valence-corrected chi connectivity index (χ4v) is 3.24. The summed E-state index contributed by atoms with van der Waals surface area (Å²) in [5, 5.41) is 16.0. The van der Waals surface area contributed by atoms with Crippen molar-refractivity contribution in [3.63, 3.8) is 0 Å². The second-order valence-corrected chi connectivity index (χ2v) is 6.65. The van der Waals surface area contributed by atoms with Crippen LogP contribution in [0.25, 0.3) is 16.8 Å². The van der Waals surface area contributed by atoms with Crippen LogP contribution in [0, 0.1) is 0 Å². The van der Waals surface area contributed by atoms with E-state index in [-0.39, 0.29) is 0 Å². The standard InChI is InChI=1S/C20H15Cl2N5/c21-17-11-6-12-18(19(17)22)27-20(24-25-26-27)23-13-15-9-4-5-10-16(15)14-7-2-1-3-8-14/h1-12H,13H2,(H,23,24,26). The van der Waals surface area contributed by atoms with E-state index in [4.69, 9.17) is 23.2 Å². The molecule has 0 atom stereocenters. The van der Waals surface area contributed by atoms with Gasteiger partial charge in [0.2, 0.25) is 5.95 Å². The van der Waals surface area contributed by atoms with Gasteiger partial charge in [-0.25, -0.2) is 0 Å². The summed E-state index contributed by atoms with van der Waals surface area (Å²) in [6.45, 7) is 0.559. The van der Waals surface area contributed by atoms with Crippen LogP contribution in [-0.4, -0.2) is 20.2 Å². The molecule has 7 heteroatoms. The first-order valence-corrected chi connectivity index (χ1v) is 9.09. The monoisotopic (exact) mass is 395 g/mol. The van der Waals surface area contributed by atoms with Crippen LogP contribution < -0.4 is 5.32 Å². The lowest BCUT2D eigenvalue weighted by Gasteiger charge is -2.12. The average Bonchev–Trinajstić information content (AvgIpc) is 3.18. The number of tetrazole rings is 1. The van der Waals surface area contributed by atoms with Gasteiger partial charge < -0.3 is 5.32 Å². The second kappa shape index (κ2) is 7.78. The Kier molecular flexibility index (Phi) is 5.05. The van der Waals surface area contributed by atoms with Gasteiger partial charge in [-0.2, -0.15) is 4.68 Å². The molecule has 0 amide bonds. The van der Waals surface area contributed by atoms with Crippen LogP contribution in [0.15, 0.2) is 72.8 Å². The number of nitrogens with one attached hydrogen (secondary N) is 1. The summed E-state index contributed by atoms with van der Waals surface area (Å²) >= 11 is 12.4. The smallest absolute Gasteiger partial charge is 0.248 e. The SMILES string of the molecule is Clc1cccc(-n2nnnc2NCc2ccccc2-c2ccccc2)c1Cl. The topological polar surface area (TPSA) is 55.6 Å². The molecule has 27 heavy (non-hydrogen) atoms. The van der Waals surface area contributed by atoms with Crippen LogP contribution in [0.5, 0.6) is 0 Å². The van der Waals surface area contributed by atoms with E-state index in [1.54, 1.807) is 16.8 Å². The Morgan fingerprint density at radius 1 is 0.852 bits per heavy atom. The van der Waals surface area contributed by atoms with Crippen molar-refractivity contribution >= 4 is 29.2 Å². The minimum absolute atomic E-state index is 0.402. The first-order valence-electron chi connectivity index (χ1n) is 8.34. The molecule has 0 fully saturated rings. The van der Waals surface area contributed by atoms with Gasteiger partial charge in [0, 0.05) is 6.54 Å². The van der Waals surface area contributed by atoms with Crippen LogP contribution in [0.2, 0.25) is 10.0 Å². The average molecular weight is 396 g/mol. The minimum atomic E-state index is 0.402. The maximum absolute atomic E-state index is 6.30. The fraction of sp³-hybridized carbons (Fsp3) is 0.0500. The normalized spacial score (nSPS) is 10.7. The third-order valence-electron chi connectivity index (χ3n) is 4.17. The molecular formula is C20H15Cl2N5. The van der Waals surface area contributed by atoms with Gasteiger partial charge in [-0.1, -0.05) is 89.0 Å². The number of rotatable bonds is 5. The van der Waals surface area contributed by atoms with Crippen LogP contribution in [0.4, 0.5) is 5.95 Å². The molecule has 1 aromatic heterocycles. The molecule has 4 aromatic rings. The summed E-state index contributed by atoms with van der Waals surface area (Å²) < 4.78 is 1.54. The van der Waals surface area contributed by atoms with Crippen molar-refractivity contribution in [2.75, 3.05) is 5.32 Å². The van der Waals surface area contributed by atoms with Crippen molar-refractivity contribution in [1.82, 2.24) is 20.2 Å². The molecule has 1 N–H and O–H groups in total. The Morgan fingerprint density at radius 2 is 1.63 bits per heavy atom. The number of anilines is 1. The molecule has 0 saturated carbocycles. The molecule has 0 spiro atoms. The van der Waals surface area contributed by atoms with Gasteiger partial charge in [0.15, 0.2) is 0 Å². The lowest BCUT2D eigenvalue weighted by molar-refractivity contribution is 0.789. The van der Waals surface area contributed by atoms with Gasteiger partial charge in [-0.3, -0.25) is 0 Å². The zero-order chi connectivity index (χ0) is 18.6. The Morgan fingerprint density at radius 3 is 2.48 bits per heavy atom. The molecule has 0 aliphatic carbocycles. The van der Waals surface area contributed by atoms with Gasteiger partial charge in [-0.15, -0.1) is 0 Å². The van der Waals surface area contributed by atoms with Crippen molar-refractivity contribution in [1.29, 1.82) is 0 Å². The Labute approximate surface area is 166 Å². The van der Waals surface area contributed by atoms with Gasteiger partial charge in [0.05, 0.1) is 15.7 Å². The third kappa shape index (κ3) is 3.65. The zero-order valence-electron chi connectivity index (χ0n) is 14.2. The van der Waals surface area contributed by atoms with Crippen LogP contribution in [-0.2, 0) is 6.54 Å². The van der Waals surface area contributed by atoms with E-state index in [1.165, 1.54) is 0 Å². The van der Waals surface area contributed by atoms with Gasteiger partial charge in [-0.05, 0) is 39.2 Å². The number of hydrogen-bond donors (Lipinski definition) is 1. The molecule has 0 bridgehead atoms. The third-order valence-corrected chi connectivity index (χ3v) is 4.98. The highest BCUT2D eigenvalue weighted by Crippen LogP contribution is 2.29. The molecule has 0 aliphatic heterocycles. The van der Waals surface area contributed by atoms with Crippen molar-refractivity contribution in [3.8, 4) is 16.8 Å². The van der Waals surface area contributed by atoms with E-state index in [0.717, 1.165) is 16.7 Å². The fourth-order valence-electron chi connectivity index (χ4n) is 2.86. The first kappa shape index (κ1) is 17.5. The molecule has 0 aliphatic rings. The zero-order valence-corrected chi connectivity index (χ0v) is 15.7. The number of aromatic nitrogens is 4. The lowest BCUT2D eigenvalue weighted by atomic mass is 10.00. The largest absolute Gasteiger partial charge is 0.349 e. The predicted molar refractivity (Wildman–Crippen MR) is 108 cm³/mol. The molecule has 0 unspecified atom stereocenters. The van der Waals surface area contributed by atoms with E-state index in [0.29, 0.717) is 28.2 Å². The van der Waals surface area contributed by atoms with E-state index in [9.17, 15) is 0 Å². The van der Waals surface area contributed by atoms with Gasteiger partial charge >= 0.3 is 0 Å². The molecule has 134 valence electrons. The number of nitrogens with zero attached hydrogens (tertiary/aromatic N) is 4. The molecule has 0 saturated heterocycles. The number of halogens is 2. The number of benzene rings is 3. The van der Waals surface area contributed by atoms with Crippen molar-refractivity contribution in [2.45, 2.75) is 6.54 Å². The maximum atomic E-state index is 6.30. The molecule has 1 heterocycles. The van der Waals surface area contributed by atoms with Gasteiger partial charge in [0.25, 0.3) is 0 Å². The summed E-state index contributed by atoms with van der Waals surface area (Å²) in [4.78, 5) is 0. The van der Waals surface area contributed by atoms with Crippen molar-refractivity contribution in [3.05, 3.63) is 88.4 Å². The summed E-state index contributed by atoms with van der Waals surface area (Å²) in [5.41, 5.74) is 4.07. The van der Waals surface area contributed by atoms with Crippen LogP contribution >= 0.6 is 23.2 Å². The maximum Gasteiger partial charge on any atom is 0.248 e. The molecule has 0 radical (unpaired) electrons. The van der Waals surface area contributed by atoms with E-state index in [1.807, 2.05) is 36.4 Å². The second-order valence-electron chi connectivity index (χ2n) is 5.86. The number of hydrogen-bond acceptors (Lipinski definition) is 4. The Balaban J connectivity index is 1.62. The Bertz CT molecular complexity index is 1060. The minimum Gasteiger partial charge on any atom is -0.349 e. The Hall–Kier alpha value is -2.89. The molecule has 5 nitrogen and oxygen atoms in total. The van der Waals surface area contributed by atoms with Crippen LogP contribution in [0.3, 0.4) is 0 Å². The summed E-state index contributed by atoms with van der Waals surface area (Å²) in [7, 11) is 0. The van der Waals surface area contributed by atoms with Crippen molar-refractivity contribution in [2.24, 2.45) is 0 Å². The van der Waals surface area contributed by atoms with E-state index in [2.05, 4.69) is 45.1 Å². The summed E-state index contributed by atoms with van der Waals surface area (Å²) in [5.74, 6) is 0.488. The highest BCUT2D eigenvalue weighted by Gasteiger charge is 2.13. The predicted octanol–water partition coefficient (Wildman–Crippen LogP) is 5.25. The molecular weight excluding hydrogens is 381 g/mol. The lowest BCUT2D eigenvalue weighted by Crippen LogP contribution is -2.08. The molecule has 4 rings (SSSR count). The first-order chi connectivity index (χ1) is 13.2. The summed E-state index contributed by atoms with van der Waals surface area (Å²) in [6.07, 6.45) is 0. The quantitative estimate of drug-likeness (QED) is 0.501. The van der Waals surface area contributed by atoms with Crippen LogP contribution in [0.1, 0.15) is 5.56 Å². The van der Waals surface area contributed by atoms with E-state index < -0.39 is 0 Å². The highest BCUT2D eigenvalue weighted by atomic mass is 35.5. The summed E-state index contributed by atoms with van der Waals surface area (Å²) in [6, 6.07) is 23.8. The van der Waals surface area contributed by atoms with Gasteiger partial charge in [0.1, 0.15) is 0 Å². The molecule has 3 aromatic carbocycles. The van der Waals surface area contributed by atoms with Crippen molar-refractivity contribution < 1.29 is 0 Å². The van der Waals surface area contributed by atoms with E-state index >= 15 is 0 Å². The highest BCUT2D eigenvalue weighted by molar-refractivity contribution is 6.43.